The van der Waals surface area contributed by atoms with Gasteiger partial charge in [-0.2, -0.15) is 0 Å². The van der Waals surface area contributed by atoms with Gasteiger partial charge in [-0.3, -0.25) is 4.79 Å². The molecule has 6 heteroatoms. The molecule has 0 fully saturated rings. The first-order chi connectivity index (χ1) is 17.2. The van der Waals surface area contributed by atoms with Crippen molar-refractivity contribution in [1.82, 2.24) is 9.97 Å². The molecule has 0 spiro atoms. The average Bonchev–Trinajstić information content (AvgIpc) is 3.35. The molecule has 0 saturated carbocycles. The predicted molar refractivity (Wildman–Crippen MR) is 134 cm³/mol. The van der Waals surface area contributed by atoms with Crippen LogP contribution in [0.4, 0.5) is 0 Å². The van der Waals surface area contributed by atoms with E-state index in [4.69, 9.17) is 18.9 Å². The molecule has 35 heavy (non-hydrogen) atoms. The van der Waals surface area contributed by atoms with Crippen LogP contribution in [0.15, 0.2) is 95.4 Å². The summed E-state index contributed by atoms with van der Waals surface area (Å²) in [6, 6.07) is 29.6. The summed E-state index contributed by atoms with van der Waals surface area (Å²) in [6.07, 6.45) is 0.576. The molecule has 0 unspecified atom stereocenters. The van der Waals surface area contributed by atoms with Crippen LogP contribution in [0, 0.1) is 0 Å². The molecule has 0 amide bonds. The molecule has 6 nitrogen and oxygen atoms in total. The maximum absolute atomic E-state index is 11.6. The summed E-state index contributed by atoms with van der Waals surface area (Å²) in [6.45, 7) is 0.376. The summed E-state index contributed by atoms with van der Waals surface area (Å²) in [4.78, 5) is 20.9. The Morgan fingerprint density at radius 3 is 2.40 bits per heavy atom. The summed E-state index contributed by atoms with van der Waals surface area (Å²) in [7, 11) is 1.37. The lowest BCUT2D eigenvalue weighted by molar-refractivity contribution is -0.140. The Morgan fingerprint density at radius 1 is 0.829 bits per heavy atom. The third-order valence-corrected chi connectivity index (χ3v) is 5.65. The Bertz CT molecular complexity index is 1440. The van der Waals surface area contributed by atoms with Crippen molar-refractivity contribution in [2.45, 2.75) is 19.4 Å². The Balaban J connectivity index is 1.35. The van der Waals surface area contributed by atoms with Gasteiger partial charge in [0.15, 0.2) is 11.7 Å². The van der Waals surface area contributed by atoms with Gasteiger partial charge in [0.05, 0.1) is 24.7 Å². The Hall–Kier alpha value is -4.45. The molecular weight excluding hydrogens is 440 g/mol. The van der Waals surface area contributed by atoms with Crippen molar-refractivity contribution in [1.29, 1.82) is 0 Å². The maximum Gasteiger partial charge on any atom is 0.306 e. The number of pyridine rings is 1. The minimum absolute atomic E-state index is 0.209. The molecule has 0 aliphatic carbocycles. The van der Waals surface area contributed by atoms with Gasteiger partial charge in [0.2, 0.25) is 0 Å². The number of oxazole rings is 1. The molecule has 2 heterocycles. The minimum atomic E-state index is -0.298. The summed E-state index contributed by atoms with van der Waals surface area (Å²) < 4.78 is 16.8. The van der Waals surface area contributed by atoms with Crippen LogP contribution in [0.5, 0.6) is 5.75 Å². The molecule has 5 rings (SSSR count). The van der Waals surface area contributed by atoms with Gasteiger partial charge in [0.1, 0.15) is 18.1 Å². The van der Waals surface area contributed by atoms with Gasteiger partial charge < -0.3 is 13.9 Å². The van der Waals surface area contributed by atoms with Crippen LogP contribution in [0.2, 0.25) is 0 Å². The first kappa shape index (κ1) is 22.3. The standard InChI is InChI=1S/C29H24N2O4/c1-33-27(32)18-17-26-31-28(29(35-26)22-8-3-2-4-9-22)21-12-15-24(16-13-21)34-19-23-14-11-20-7-5-6-10-25(20)30-23/h2-16H,17-19H2,1H3. The van der Waals surface area contributed by atoms with Gasteiger partial charge in [-0.25, -0.2) is 9.97 Å². The third kappa shape index (κ3) is 5.22. The Labute approximate surface area is 203 Å². The number of nitrogens with zero attached hydrogens (tertiary/aromatic N) is 2. The van der Waals surface area contributed by atoms with Gasteiger partial charge in [0, 0.05) is 22.9 Å². The highest BCUT2D eigenvalue weighted by molar-refractivity contribution is 5.78. The zero-order valence-electron chi connectivity index (χ0n) is 19.3. The SMILES string of the molecule is COC(=O)CCc1nc(-c2ccc(OCc3ccc4ccccc4n3)cc2)c(-c2ccccc2)o1. The number of para-hydroxylation sites is 1. The van der Waals surface area contributed by atoms with E-state index in [0.717, 1.165) is 39.2 Å². The number of aryl methyl sites for hydroxylation is 1. The highest BCUT2D eigenvalue weighted by Crippen LogP contribution is 2.34. The van der Waals surface area contributed by atoms with E-state index < -0.39 is 0 Å². The first-order valence-corrected chi connectivity index (χ1v) is 11.4. The number of esters is 1. The van der Waals surface area contributed by atoms with E-state index in [2.05, 4.69) is 11.1 Å². The fraction of sp³-hybridized carbons (Fsp3) is 0.138. The van der Waals surface area contributed by atoms with Crippen LogP contribution >= 0.6 is 0 Å². The number of rotatable bonds is 8. The topological polar surface area (TPSA) is 74.5 Å². The van der Waals surface area contributed by atoms with E-state index in [9.17, 15) is 4.79 Å². The molecular formula is C29H24N2O4. The molecule has 174 valence electrons. The van der Waals surface area contributed by atoms with Crippen molar-refractivity contribution in [3.8, 4) is 28.3 Å². The second-order valence-electron chi connectivity index (χ2n) is 8.04. The molecule has 3 aromatic carbocycles. The lowest BCUT2D eigenvalue weighted by atomic mass is 10.1. The van der Waals surface area contributed by atoms with Gasteiger partial charge in [0.25, 0.3) is 0 Å². The number of hydrogen-bond acceptors (Lipinski definition) is 6. The Kier molecular flexibility index (Phi) is 6.52. The average molecular weight is 465 g/mol. The van der Waals surface area contributed by atoms with Crippen molar-refractivity contribution in [2.24, 2.45) is 0 Å². The number of hydrogen-bond donors (Lipinski definition) is 0. The second-order valence-corrected chi connectivity index (χ2v) is 8.04. The van der Waals surface area contributed by atoms with Gasteiger partial charge in [-0.15, -0.1) is 0 Å². The van der Waals surface area contributed by atoms with Crippen molar-refractivity contribution in [2.75, 3.05) is 7.11 Å². The van der Waals surface area contributed by atoms with Crippen LogP contribution in [-0.4, -0.2) is 23.0 Å². The van der Waals surface area contributed by atoms with Crippen LogP contribution in [0.3, 0.4) is 0 Å². The molecule has 0 aliphatic heterocycles. The minimum Gasteiger partial charge on any atom is -0.487 e. The number of aromatic nitrogens is 2. The smallest absolute Gasteiger partial charge is 0.306 e. The zero-order chi connectivity index (χ0) is 24.0. The predicted octanol–water partition coefficient (Wildman–Crippen LogP) is 6.24. The van der Waals surface area contributed by atoms with E-state index in [1.165, 1.54) is 7.11 Å². The van der Waals surface area contributed by atoms with Gasteiger partial charge >= 0.3 is 5.97 Å². The fourth-order valence-electron chi connectivity index (χ4n) is 3.82. The maximum atomic E-state index is 11.6. The number of carbonyl (C=O) groups is 1. The molecule has 0 N–H and O–H groups in total. The van der Waals surface area contributed by atoms with E-state index in [0.29, 0.717) is 24.7 Å². The lowest BCUT2D eigenvalue weighted by Crippen LogP contribution is -2.01. The van der Waals surface area contributed by atoms with Crippen molar-refractivity contribution in [3.63, 3.8) is 0 Å². The van der Waals surface area contributed by atoms with Crippen LogP contribution < -0.4 is 4.74 Å². The normalized spacial score (nSPS) is 10.9. The van der Waals surface area contributed by atoms with Crippen LogP contribution in [0.25, 0.3) is 33.5 Å². The number of methoxy groups -OCH3 is 1. The van der Waals surface area contributed by atoms with Crippen molar-refractivity contribution >= 4 is 16.9 Å². The summed E-state index contributed by atoms with van der Waals surface area (Å²) in [5.41, 5.74) is 4.35. The molecule has 0 atom stereocenters. The lowest BCUT2D eigenvalue weighted by Gasteiger charge is -2.08. The molecule has 0 aliphatic rings. The monoisotopic (exact) mass is 464 g/mol. The van der Waals surface area contributed by atoms with E-state index in [1.807, 2.05) is 84.9 Å². The van der Waals surface area contributed by atoms with Gasteiger partial charge in [-0.1, -0.05) is 54.6 Å². The second kappa shape index (κ2) is 10.2. The molecule has 5 aromatic rings. The van der Waals surface area contributed by atoms with Gasteiger partial charge in [-0.05, 0) is 36.4 Å². The van der Waals surface area contributed by atoms with E-state index >= 15 is 0 Å². The largest absolute Gasteiger partial charge is 0.487 e. The highest BCUT2D eigenvalue weighted by atomic mass is 16.5. The number of benzene rings is 3. The molecule has 0 bridgehead atoms. The summed E-state index contributed by atoms with van der Waals surface area (Å²) in [5.74, 6) is 1.60. The van der Waals surface area contributed by atoms with E-state index in [1.54, 1.807) is 0 Å². The first-order valence-electron chi connectivity index (χ1n) is 11.4. The van der Waals surface area contributed by atoms with Crippen molar-refractivity contribution in [3.05, 3.63) is 103 Å². The quantitative estimate of drug-likeness (QED) is 0.253. The molecule has 2 aromatic heterocycles. The molecule has 0 radical (unpaired) electrons. The van der Waals surface area contributed by atoms with Crippen LogP contribution in [-0.2, 0) is 22.6 Å². The number of carbonyl (C=O) groups excluding carboxylic acids is 1. The summed E-state index contributed by atoms with van der Waals surface area (Å²) in [5, 5.41) is 1.10. The Morgan fingerprint density at radius 2 is 1.60 bits per heavy atom. The molecule has 0 saturated heterocycles. The third-order valence-electron chi connectivity index (χ3n) is 5.65. The highest BCUT2D eigenvalue weighted by Gasteiger charge is 2.18. The fourth-order valence-corrected chi connectivity index (χ4v) is 3.82. The van der Waals surface area contributed by atoms with Crippen LogP contribution in [0.1, 0.15) is 18.0 Å². The van der Waals surface area contributed by atoms with Crippen molar-refractivity contribution < 1.29 is 18.7 Å². The summed E-state index contributed by atoms with van der Waals surface area (Å²) >= 11 is 0. The number of fused-ring (bicyclic) bond motifs is 1. The zero-order valence-corrected chi connectivity index (χ0v) is 19.3. The number of ether oxygens (including phenoxy) is 2. The van der Waals surface area contributed by atoms with E-state index in [-0.39, 0.29) is 12.4 Å².